The van der Waals surface area contributed by atoms with Crippen molar-refractivity contribution >= 4 is 28.8 Å². The Kier molecular flexibility index (Phi) is 11.2. The van der Waals surface area contributed by atoms with Crippen molar-refractivity contribution in [3.8, 4) is 0 Å². The highest BCUT2D eigenvalue weighted by molar-refractivity contribution is 7.09. The van der Waals surface area contributed by atoms with Gasteiger partial charge in [-0.25, -0.2) is 4.98 Å². The number of anilines is 1. The third kappa shape index (κ3) is 8.80. The fourth-order valence-electron chi connectivity index (χ4n) is 5.85. The quantitative estimate of drug-likeness (QED) is 0.170. The zero-order valence-corrected chi connectivity index (χ0v) is 27.9. The number of aliphatic hydroxyl groups excluding tert-OH is 1. The van der Waals surface area contributed by atoms with Crippen molar-refractivity contribution in [2.45, 2.75) is 57.1 Å². The Bertz CT molecular complexity index is 1710. The smallest absolute Gasteiger partial charge is 0.390 e. The van der Waals surface area contributed by atoms with Crippen LogP contribution < -0.4 is 15.5 Å². The number of nitrogens with zero attached hydrogens (tertiary/aromatic N) is 3. The number of aromatic nitrogens is 1. The van der Waals surface area contributed by atoms with Crippen LogP contribution in [-0.2, 0) is 19.1 Å². The molecule has 48 heavy (non-hydrogen) atoms. The highest BCUT2D eigenvalue weighted by atomic mass is 32.1. The van der Waals surface area contributed by atoms with Crippen molar-refractivity contribution in [3.63, 3.8) is 0 Å². The second-order valence-corrected chi connectivity index (χ2v) is 13.2. The van der Waals surface area contributed by atoms with Crippen LogP contribution in [0.1, 0.15) is 67.0 Å². The number of aryl methyl sites for hydroxylation is 1. The van der Waals surface area contributed by atoms with Gasteiger partial charge in [0.1, 0.15) is 5.01 Å². The van der Waals surface area contributed by atoms with Gasteiger partial charge < -0.3 is 25.5 Å². The molecule has 1 fully saturated rings. The average molecular weight is 680 g/mol. The molecule has 4 aromatic rings. The van der Waals surface area contributed by atoms with Crippen molar-refractivity contribution in [3.05, 3.63) is 117 Å². The van der Waals surface area contributed by atoms with E-state index in [1.807, 2.05) is 66.5 Å². The van der Waals surface area contributed by atoms with E-state index in [9.17, 15) is 27.9 Å². The number of amides is 2. The van der Waals surface area contributed by atoms with E-state index in [0.29, 0.717) is 29.8 Å². The number of alkyl halides is 3. The van der Waals surface area contributed by atoms with Crippen LogP contribution in [0.2, 0.25) is 0 Å². The molecule has 3 atom stereocenters. The van der Waals surface area contributed by atoms with Gasteiger partial charge in [0, 0.05) is 61.6 Å². The van der Waals surface area contributed by atoms with Gasteiger partial charge >= 0.3 is 6.18 Å². The first kappa shape index (κ1) is 35.1. The van der Waals surface area contributed by atoms with Crippen LogP contribution in [0.5, 0.6) is 0 Å². The predicted octanol–water partition coefficient (Wildman–Crippen LogP) is 6.01. The van der Waals surface area contributed by atoms with Crippen LogP contribution >= 0.6 is 11.3 Å². The lowest BCUT2D eigenvalue weighted by molar-refractivity contribution is -0.137. The molecule has 0 unspecified atom stereocenters. The van der Waals surface area contributed by atoms with E-state index in [4.69, 9.17) is 0 Å². The third-order valence-corrected chi connectivity index (χ3v) is 9.46. The van der Waals surface area contributed by atoms with Crippen molar-refractivity contribution in [1.29, 1.82) is 0 Å². The minimum absolute atomic E-state index is 0.0159. The summed E-state index contributed by atoms with van der Waals surface area (Å²) >= 11 is 1.54. The molecule has 0 radical (unpaired) electrons. The summed E-state index contributed by atoms with van der Waals surface area (Å²) in [6, 6.07) is 18.6. The molecule has 5 rings (SSSR count). The second kappa shape index (κ2) is 15.3. The van der Waals surface area contributed by atoms with Gasteiger partial charge in [-0.3, -0.25) is 9.59 Å². The molecule has 1 aliphatic rings. The van der Waals surface area contributed by atoms with Gasteiger partial charge in [0.2, 0.25) is 0 Å². The van der Waals surface area contributed by atoms with Crippen molar-refractivity contribution in [1.82, 2.24) is 20.5 Å². The summed E-state index contributed by atoms with van der Waals surface area (Å²) < 4.78 is 39.5. The Hall–Kier alpha value is -4.26. The normalized spacial score (nSPS) is 16.1. The minimum atomic E-state index is -4.45. The number of halogens is 3. The number of carbonyl (C=O) groups excluding carboxylic acids is 2. The maximum absolute atomic E-state index is 13.9. The van der Waals surface area contributed by atoms with E-state index in [1.54, 1.807) is 35.6 Å². The predicted molar refractivity (Wildman–Crippen MR) is 181 cm³/mol. The van der Waals surface area contributed by atoms with E-state index in [0.717, 1.165) is 41.2 Å². The van der Waals surface area contributed by atoms with Gasteiger partial charge in [-0.1, -0.05) is 48.5 Å². The summed E-state index contributed by atoms with van der Waals surface area (Å²) in [5, 5.41) is 20.1. The molecule has 3 aromatic carbocycles. The lowest BCUT2D eigenvalue weighted by atomic mass is 9.99. The Morgan fingerprint density at radius 3 is 2.46 bits per heavy atom. The number of benzene rings is 3. The lowest BCUT2D eigenvalue weighted by Gasteiger charge is -2.26. The van der Waals surface area contributed by atoms with Gasteiger partial charge in [0.25, 0.3) is 11.8 Å². The first-order valence-electron chi connectivity index (χ1n) is 15.8. The molecule has 3 N–H and O–H groups in total. The van der Waals surface area contributed by atoms with Crippen molar-refractivity contribution < 1.29 is 27.9 Å². The van der Waals surface area contributed by atoms with Crippen LogP contribution in [0.3, 0.4) is 0 Å². The van der Waals surface area contributed by atoms with Gasteiger partial charge in [0.15, 0.2) is 0 Å². The molecular weight excluding hydrogens is 639 g/mol. The number of hydrogen-bond donors (Lipinski definition) is 3. The zero-order valence-electron chi connectivity index (χ0n) is 27.1. The molecule has 1 aliphatic heterocycles. The number of thiazole rings is 1. The first-order chi connectivity index (χ1) is 22.9. The number of likely N-dealkylation sites (tertiary alicyclic amines) is 1. The van der Waals surface area contributed by atoms with Gasteiger partial charge in [-0.05, 0) is 61.6 Å². The van der Waals surface area contributed by atoms with Crippen LogP contribution in [-0.4, -0.2) is 66.1 Å². The number of rotatable bonds is 12. The molecular formula is C36H40F3N5O3S. The lowest BCUT2D eigenvalue weighted by Crippen LogP contribution is -2.48. The highest BCUT2D eigenvalue weighted by Gasteiger charge is 2.33. The second-order valence-electron chi connectivity index (χ2n) is 12.3. The Balaban J connectivity index is 1.34. The molecule has 12 heteroatoms. The first-order valence-corrected chi connectivity index (χ1v) is 16.7. The molecule has 2 heterocycles. The average Bonchev–Trinajstić information content (AvgIpc) is 3.73. The van der Waals surface area contributed by atoms with Gasteiger partial charge in [-0.15, -0.1) is 11.3 Å². The maximum atomic E-state index is 13.9. The Morgan fingerprint density at radius 2 is 1.77 bits per heavy atom. The number of nitrogens with one attached hydrogen (secondary N) is 2. The van der Waals surface area contributed by atoms with Crippen molar-refractivity contribution in [2.75, 3.05) is 32.1 Å². The van der Waals surface area contributed by atoms with Crippen LogP contribution in [0, 0.1) is 6.92 Å². The third-order valence-electron chi connectivity index (χ3n) is 8.40. The monoisotopic (exact) mass is 679 g/mol. The van der Waals surface area contributed by atoms with E-state index in [-0.39, 0.29) is 30.6 Å². The topological polar surface area (TPSA) is 97.8 Å². The van der Waals surface area contributed by atoms with E-state index in [1.165, 1.54) is 6.07 Å². The van der Waals surface area contributed by atoms with Crippen LogP contribution in [0.4, 0.5) is 18.9 Å². The fraction of sp³-hybridized carbons (Fsp3) is 0.361. The number of carbonyl (C=O) groups is 2. The summed E-state index contributed by atoms with van der Waals surface area (Å²) in [6.45, 7) is 2.64. The summed E-state index contributed by atoms with van der Waals surface area (Å²) in [6.07, 6.45) is -3.55. The molecule has 1 aromatic heterocycles. The summed E-state index contributed by atoms with van der Waals surface area (Å²) in [4.78, 5) is 36.0. The Labute approximate surface area is 282 Å². The SMILES string of the molecule is Cc1csc([C@H]2CCCN2C(=O)c2cc(C(=O)N[C@@H](Cc3ccccc3)[C@H](O)CNCc3cccc(C(F)(F)F)c3)cc(N(C)C)c2)n1. The number of aliphatic hydroxyl groups is 1. The van der Waals surface area contributed by atoms with Crippen LogP contribution in [0.15, 0.2) is 78.2 Å². The minimum Gasteiger partial charge on any atom is -0.390 e. The van der Waals surface area contributed by atoms with Crippen molar-refractivity contribution in [2.24, 2.45) is 0 Å². The molecule has 0 bridgehead atoms. The van der Waals surface area contributed by atoms with E-state index in [2.05, 4.69) is 15.6 Å². The molecule has 0 spiro atoms. The summed E-state index contributed by atoms with van der Waals surface area (Å²) in [7, 11) is 3.67. The molecule has 2 amide bonds. The van der Waals surface area contributed by atoms with Gasteiger partial charge in [-0.2, -0.15) is 13.2 Å². The summed E-state index contributed by atoms with van der Waals surface area (Å²) in [5.41, 5.74) is 2.81. The zero-order chi connectivity index (χ0) is 34.4. The fourth-order valence-corrected chi connectivity index (χ4v) is 6.79. The van der Waals surface area contributed by atoms with E-state index < -0.39 is 29.8 Å². The largest absolute Gasteiger partial charge is 0.416 e. The standard InChI is InChI=1S/C36H40F3N5O3S/c1-23-22-48-34(41-23)31-13-8-14-44(31)35(47)27-17-26(18-29(19-27)43(2)3)33(46)42-30(16-24-9-5-4-6-10-24)32(45)21-40-20-25-11-7-12-28(15-25)36(37,38)39/h4-7,9-12,15,17-19,22,30-32,40,45H,8,13-14,16,20-21H2,1-3H3,(H,42,46)/t30-,31+,32+/m0/s1. The maximum Gasteiger partial charge on any atom is 0.416 e. The van der Waals surface area contributed by atoms with Crippen LogP contribution in [0.25, 0.3) is 0 Å². The molecule has 8 nitrogen and oxygen atoms in total. The Morgan fingerprint density at radius 1 is 1.04 bits per heavy atom. The molecule has 0 saturated carbocycles. The van der Waals surface area contributed by atoms with Gasteiger partial charge in [0.05, 0.1) is 23.8 Å². The molecule has 1 saturated heterocycles. The molecule has 0 aliphatic carbocycles. The summed E-state index contributed by atoms with van der Waals surface area (Å²) in [5.74, 6) is -0.637. The van der Waals surface area contributed by atoms with E-state index >= 15 is 0 Å². The number of hydrogen-bond acceptors (Lipinski definition) is 7. The highest BCUT2D eigenvalue weighted by Crippen LogP contribution is 2.35. The molecule has 254 valence electrons.